The molecular formula is C8H11NO2. The summed E-state index contributed by atoms with van der Waals surface area (Å²) >= 11 is 0. The first kappa shape index (κ1) is 9.97. The summed E-state index contributed by atoms with van der Waals surface area (Å²) in [6.07, 6.45) is -0.551. The molecule has 0 fully saturated rings. The molecule has 0 aromatic carbocycles. The highest BCUT2D eigenvalue weighted by Crippen LogP contribution is 1.91. The van der Waals surface area contributed by atoms with E-state index >= 15 is 0 Å². The van der Waals surface area contributed by atoms with E-state index in [1.807, 2.05) is 13.8 Å². The number of rotatable bonds is 4. The van der Waals surface area contributed by atoms with Crippen molar-refractivity contribution in [2.24, 2.45) is 0 Å². The van der Waals surface area contributed by atoms with Crippen LogP contribution in [0.3, 0.4) is 0 Å². The first-order valence-electron chi connectivity index (χ1n) is 3.48. The molecule has 0 radical (unpaired) electrons. The zero-order valence-electron chi connectivity index (χ0n) is 6.76. The van der Waals surface area contributed by atoms with Gasteiger partial charge in [0.25, 0.3) is 0 Å². The molecule has 0 atom stereocenters. The van der Waals surface area contributed by atoms with E-state index < -0.39 is 6.29 Å². The molecule has 0 unspecified atom stereocenters. The predicted octanol–water partition coefficient (Wildman–Crippen LogP) is 0.912. The standard InChI is InChI=1S/C8H11NO2/c1-3-10-8(11-4-2)6-5-7-9/h8H,3-4H2,1-2H3. The third-order valence-corrected chi connectivity index (χ3v) is 0.882. The van der Waals surface area contributed by atoms with Crippen LogP contribution in [0.25, 0.3) is 0 Å². The van der Waals surface area contributed by atoms with Gasteiger partial charge in [-0.2, -0.15) is 5.26 Å². The molecule has 0 aromatic heterocycles. The summed E-state index contributed by atoms with van der Waals surface area (Å²) in [5, 5.41) is 8.12. The second-order valence-corrected chi connectivity index (χ2v) is 1.62. The summed E-state index contributed by atoms with van der Waals surface area (Å²) < 4.78 is 10.1. The molecule has 0 heterocycles. The normalized spacial score (nSPS) is 8.55. The lowest BCUT2D eigenvalue weighted by atomic mass is 10.5. The van der Waals surface area contributed by atoms with Gasteiger partial charge < -0.3 is 9.47 Å². The largest absolute Gasteiger partial charge is 0.342 e. The Morgan fingerprint density at radius 3 is 2.18 bits per heavy atom. The summed E-state index contributed by atoms with van der Waals surface area (Å²) in [6.45, 7) is 4.76. The average Bonchev–Trinajstić information content (AvgIpc) is 2.01. The van der Waals surface area contributed by atoms with E-state index in [0.717, 1.165) is 0 Å². The number of hydrogen-bond acceptors (Lipinski definition) is 3. The Morgan fingerprint density at radius 1 is 1.27 bits per heavy atom. The summed E-state index contributed by atoms with van der Waals surface area (Å²) in [6, 6.07) is 1.69. The van der Waals surface area contributed by atoms with Gasteiger partial charge in [0.2, 0.25) is 6.29 Å². The van der Waals surface area contributed by atoms with Crippen LogP contribution in [-0.2, 0) is 9.47 Å². The zero-order valence-corrected chi connectivity index (χ0v) is 6.76. The highest BCUT2D eigenvalue weighted by molar-refractivity contribution is 5.17. The molecule has 0 saturated carbocycles. The second kappa shape index (κ2) is 7.08. The van der Waals surface area contributed by atoms with Crippen LogP contribution >= 0.6 is 0 Å². The maximum Gasteiger partial charge on any atom is 0.223 e. The van der Waals surface area contributed by atoms with E-state index in [4.69, 9.17) is 14.7 Å². The van der Waals surface area contributed by atoms with Crippen molar-refractivity contribution >= 4 is 0 Å². The summed E-state index contributed by atoms with van der Waals surface area (Å²) in [4.78, 5) is 0. The molecule has 0 bridgehead atoms. The van der Waals surface area contributed by atoms with Gasteiger partial charge in [-0.3, -0.25) is 0 Å². The first-order chi connectivity index (χ1) is 5.35. The number of nitrogens with zero attached hydrogens (tertiary/aromatic N) is 1. The van der Waals surface area contributed by atoms with Crippen molar-refractivity contribution in [2.45, 2.75) is 20.1 Å². The molecule has 0 aliphatic rings. The lowest BCUT2D eigenvalue weighted by Gasteiger charge is -2.08. The lowest BCUT2D eigenvalue weighted by molar-refractivity contribution is -0.0969. The van der Waals surface area contributed by atoms with Gasteiger partial charge in [0.05, 0.1) is 0 Å². The van der Waals surface area contributed by atoms with Crippen molar-refractivity contribution in [2.75, 3.05) is 13.2 Å². The Bertz CT molecular complexity index is 178. The van der Waals surface area contributed by atoms with Gasteiger partial charge in [-0.15, -0.1) is 0 Å². The van der Waals surface area contributed by atoms with Crippen LogP contribution in [0.4, 0.5) is 0 Å². The van der Waals surface area contributed by atoms with Gasteiger partial charge in [-0.1, -0.05) is 0 Å². The first-order valence-corrected chi connectivity index (χ1v) is 3.48. The van der Waals surface area contributed by atoms with Crippen molar-refractivity contribution in [3.63, 3.8) is 0 Å². The monoisotopic (exact) mass is 153 g/mol. The van der Waals surface area contributed by atoms with E-state index in [0.29, 0.717) is 13.2 Å². The van der Waals surface area contributed by atoms with E-state index in [-0.39, 0.29) is 0 Å². The van der Waals surface area contributed by atoms with E-state index in [1.54, 1.807) is 6.07 Å². The molecule has 0 N–H and O–H groups in total. The Hall–Kier alpha value is -1.03. The van der Waals surface area contributed by atoms with Crippen molar-refractivity contribution in [1.29, 1.82) is 5.26 Å². The van der Waals surface area contributed by atoms with Gasteiger partial charge in [0.1, 0.15) is 0 Å². The zero-order chi connectivity index (χ0) is 8.53. The van der Waals surface area contributed by atoms with E-state index in [9.17, 15) is 0 Å². The van der Waals surface area contributed by atoms with Gasteiger partial charge in [-0.05, 0) is 19.8 Å². The van der Waals surface area contributed by atoms with Crippen molar-refractivity contribution in [3.8, 4) is 17.9 Å². The molecule has 0 aliphatic carbocycles. The molecule has 0 aliphatic heterocycles. The molecule has 0 amide bonds. The smallest absolute Gasteiger partial charge is 0.223 e. The minimum atomic E-state index is -0.551. The summed E-state index contributed by atoms with van der Waals surface area (Å²) in [7, 11) is 0. The Labute approximate surface area is 66.9 Å². The number of ether oxygens (including phenoxy) is 2. The molecule has 3 heteroatoms. The van der Waals surface area contributed by atoms with Crippen LogP contribution in [0, 0.1) is 23.2 Å². The van der Waals surface area contributed by atoms with Gasteiger partial charge in [0.15, 0.2) is 6.07 Å². The SMILES string of the molecule is CCOC(C#CC#N)OCC. The molecule has 11 heavy (non-hydrogen) atoms. The summed E-state index contributed by atoms with van der Waals surface area (Å²) in [5.74, 6) is 4.74. The number of nitriles is 1. The van der Waals surface area contributed by atoms with Gasteiger partial charge >= 0.3 is 0 Å². The van der Waals surface area contributed by atoms with Crippen molar-refractivity contribution in [3.05, 3.63) is 0 Å². The highest BCUT2D eigenvalue weighted by atomic mass is 16.7. The van der Waals surface area contributed by atoms with Crippen LogP contribution in [-0.4, -0.2) is 19.5 Å². The minimum Gasteiger partial charge on any atom is -0.342 e. The molecule has 60 valence electrons. The molecule has 0 saturated heterocycles. The van der Waals surface area contributed by atoms with Crippen molar-refractivity contribution < 1.29 is 9.47 Å². The maximum atomic E-state index is 8.12. The predicted molar refractivity (Wildman–Crippen MR) is 40.4 cm³/mol. The summed E-state index contributed by atoms with van der Waals surface area (Å²) in [5.41, 5.74) is 0. The van der Waals surface area contributed by atoms with Crippen LogP contribution in [0.15, 0.2) is 0 Å². The van der Waals surface area contributed by atoms with E-state index in [1.165, 1.54) is 0 Å². The highest BCUT2D eigenvalue weighted by Gasteiger charge is 2.00. The van der Waals surface area contributed by atoms with Crippen LogP contribution in [0.1, 0.15) is 13.8 Å². The Balaban J connectivity index is 3.80. The van der Waals surface area contributed by atoms with Crippen LogP contribution in [0.2, 0.25) is 0 Å². The second-order valence-electron chi connectivity index (χ2n) is 1.62. The lowest BCUT2D eigenvalue weighted by Crippen LogP contribution is -2.14. The maximum absolute atomic E-state index is 8.12. The Kier molecular flexibility index (Phi) is 6.42. The van der Waals surface area contributed by atoms with Crippen molar-refractivity contribution in [1.82, 2.24) is 0 Å². The fourth-order valence-corrected chi connectivity index (χ4v) is 0.525. The third kappa shape index (κ3) is 5.42. The van der Waals surface area contributed by atoms with E-state index in [2.05, 4.69) is 11.8 Å². The molecular weight excluding hydrogens is 142 g/mol. The fraction of sp³-hybridized carbons (Fsp3) is 0.625. The van der Waals surface area contributed by atoms with Gasteiger partial charge in [-0.25, -0.2) is 0 Å². The average molecular weight is 153 g/mol. The fourth-order valence-electron chi connectivity index (χ4n) is 0.525. The van der Waals surface area contributed by atoms with Crippen LogP contribution in [0.5, 0.6) is 0 Å². The molecule has 0 aromatic rings. The Morgan fingerprint density at radius 2 is 1.82 bits per heavy atom. The quantitative estimate of drug-likeness (QED) is 0.445. The molecule has 0 spiro atoms. The third-order valence-electron chi connectivity index (χ3n) is 0.882. The van der Waals surface area contributed by atoms with Gasteiger partial charge in [0, 0.05) is 19.1 Å². The number of hydrogen-bond donors (Lipinski definition) is 0. The topological polar surface area (TPSA) is 42.2 Å². The minimum absolute atomic E-state index is 0.533. The molecule has 0 rings (SSSR count). The molecule has 3 nitrogen and oxygen atoms in total. The van der Waals surface area contributed by atoms with Crippen LogP contribution < -0.4 is 0 Å².